The topological polar surface area (TPSA) is 102 Å². The Labute approximate surface area is 197 Å². The average molecular weight is 470 g/mol. The van der Waals surface area contributed by atoms with Crippen LogP contribution in [0, 0.1) is 6.92 Å². The number of esters is 1. The van der Waals surface area contributed by atoms with E-state index >= 15 is 0 Å². The van der Waals surface area contributed by atoms with Crippen LogP contribution in [0.25, 0.3) is 0 Å². The largest absolute Gasteiger partial charge is 0.496 e. The molecule has 1 atom stereocenters. The van der Waals surface area contributed by atoms with Gasteiger partial charge in [-0.25, -0.2) is 4.79 Å². The Hall–Kier alpha value is -3.85. The van der Waals surface area contributed by atoms with E-state index in [0.717, 1.165) is 5.56 Å². The highest BCUT2D eigenvalue weighted by Crippen LogP contribution is 2.46. The SMILES string of the molecule is COc1ccc(C2(O)OC(=O)C(C3=COCO3)=C2Cc2cc(OC)c(OC)c(OC)c2)cc1C. The highest BCUT2D eigenvalue weighted by molar-refractivity contribution is 5.97. The number of aliphatic hydroxyl groups is 1. The van der Waals surface area contributed by atoms with Gasteiger partial charge in [-0.3, -0.25) is 0 Å². The van der Waals surface area contributed by atoms with Crippen LogP contribution in [0.15, 0.2) is 53.5 Å². The summed E-state index contributed by atoms with van der Waals surface area (Å²) in [5.74, 6) is -0.638. The summed E-state index contributed by atoms with van der Waals surface area (Å²) >= 11 is 0. The zero-order valence-electron chi connectivity index (χ0n) is 19.6. The van der Waals surface area contributed by atoms with Crippen molar-refractivity contribution in [2.24, 2.45) is 0 Å². The maximum absolute atomic E-state index is 13.0. The van der Waals surface area contributed by atoms with Crippen molar-refractivity contribution in [3.8, 4) is 23.0 Å². The van der Waals surface area contributed by atoms with Gasteiger partial charge in [0.05, 0.1) is 28.4 Å². The number of cyclic esters (lactones) is 1. The van der Waals surface area contributed by atoms with Crippen molar-refractivity contribution in [3.05, 3.63) is 70.2 Å². The van der Waals surface area contributed by atoms with Crippen LogP contribution in [0.4, 0.5) is 0 Å². The molecule has 0 bridgehead atoms. The Morgan fingerprint density at radius 3 is 2.18 bits per heavy atom. The van der Waals surface area contributed by atoms with Crippen molar-refractivity contribution < 1.29 is 43.1 Å². The second-order valence-corrected chi connectivity index (χ2v) is 7.69. The van der Waals surface area contributed by atoms with E-state index in [1.54, 1.807) is 37.4 Å². The lowest BCUT2D eigenvalue weighted by Crippen LogP contribution is -2.30. The van der Waals surface area contributed by atoms with Crippen LogP contribution >= 0.6 is 0 Å². The van der Waals surface area contributed by atoms with E-state index in [1.807, 2.05) is 6.92 Å². The number of methoxy groups -OCH3 is 4. The first-order valence-electron chi connectivity index (χ1n) is 10.4. The van der Waals surface area contributed by atoms with Gasteiger partial charge in [-0.1, -0.05) is 0 Å². The minimum absolute atomic E-state index is 0.0380. The molecule has 0 amide bonds. The molecule has 1 unspecified atom stereocenters. The molecule has 2 aliphatic heterocycles. The van der Waals surface area contributed by atoms with Gasteiger partial charge in [0, 0.05) is 17.6 Å². The molecule has 0 aliphatic carbocycles. The first-order chi connectivity index (χ1) is 16.4. The summed E-state index contributed by atoms with van der Waals surface area (Å²) in [6.07, 6.45) is 1.44. The van der Waals surface area contributed by atoms with Gasteiger partial charge in [-0.2, -0.15) is 0 Å². The number of carbonyl (C=O) groups excluding carboxylic acids is 1. The third kappa shape index (κ3) is 3.88. The number of aryl methyl sites for hydroxylation is 1. The zero-order chi connectivity index (χ0) is 24.5. The highest BCUT2D eigenvalue weighted by Gasteiger charge is 2.50. The number of rotatable bonds is 8. The van der Waals surface area contributed by atoms with Crippen molar-refractivity contribution in [3.63, 3.8) is 0 Å². The second-order valence-electron chi connectivity index (χ2n) is 7.69. The van der Waals surface area contributed by atoms with E-state index in [0.29, 0.717) is 34.1 Å². The summed E-state index contributed by atoms with van der Waals surface area (Å²) in [5.41, 5.74) is 2.21. The van der Waals surface area contributed by atoms with Gasteiger partial charge < -0.3 is 38.3 Å². The standard InChI is InChI=1S/C25H26O9/c1-14-8-16(6-7-18(14)28-2)25(27)17(22(24(26)34-25)21-12-32-13-33-21)9-15-10-19(29-3)23(31-5)20(11-15)30-4/h6-8,10-12,27H,9,13H2,1-5H3. The number of hydrogen-bond acceptors (Lipinski definition) is 9. The van der Waals surface area contributed by atoms with Gasteiger partial charge in [-0.15, -0.1) is 0 Å². The number of hydrogen-bond donors (Lipinski definition) is 1. The Balaban J connectivity index is 1.87. The third-order valence-corrected chi connectivity index (χ3v) is 5.77. The van der Waals surface area contributed by atoms with Gasteiger partial charge in [-0.05, 0) is 48.4 Å². The Morgan fingerprint density at radius 1 is 0.971 bits per heavy atom. The molecule has 2 heterocycles. The molecule has 2 aromatic carbocycles. The highest BCUT2D eigenvalue weighted by atomic mass is 16.7. The summed E-state index contributed by atoms with van der Waals surface area (Å²) in [7, 11) is 6.10. The van der Waals surface area contributed by atoms with E-state index in [9.17, 15) is 9.90 Å². The average Bonchev–Trinajstić information content (AvgIpc) is 3.44. The molecule has 2 aromatic rings. The van der Waals surface area contributed by atoms with E-state index in [2.05, 4.69) is 0 Å². The molecular weight excluding hydrogens is 444 g/mol. The van der Waals surface area contributed by atoms with Crippen LogP contribution < -0.4 is 18.9 Å². The monoisotopic (exact) mass is 470 g/mol. The fourth-order valence-corrected chi connectivity index (χ4v) is 4.13. The predicted octanol–water partition coefficient (Wildman–Crippen LogP) is 3.12. The smallest absolute Gasteiger partial charge is 0.345 e. The quantitative estimate of drug-likeness (QED) is 0.583. The van der Waals surface area contributed by atoms with Crippen LogP contribution in [0.5, 0.6) is 23.0 Å². The van der Waals surface area contributed by atoms with Crippen molar-refractivity contribution in [2.45, 2.75) is 19.1 Å². The molecule has 9 heteroatoms. The molecule has 0 saturated carbocycles. The van der Waals surface area contributed by atoms with Crippen LogP contribution in [0.3, 0.4) is 0 Å². The lowest BCUT2D eigenvalue weighted by Gasteiger charge is -2.26. The molecule has 0 aromatic heterocycles. The second kappa shape index (κ2) is 9.18. The minimum Gasteiger partial charge on any atom is -0.496 e. The summed E-state index contributed by atoms with van der Waals surface area (Å²) in [6, 6.07) is 8.56. The van der Waals surface area contributed by atoms with Gasteiger partial charge >= 0.3 is 5.97 Å². The number of carbonyl (C=O) groups is 1. The van der Waals surface area contributed by atoms with E-state index in [4.69, 9.17) is 33.2 Å². The first kappa shape index (κ1) is 23.3. The van der Waals surface area contributed by atoms with E-state index in [1.165, 1.54) is 27.6 Å². The van der Waals surface area contributed by atoms with E-state index < -0.39 is 11.8 Å². The lowest BCUT2D eigenvalue weighted by atomic mass is 9.89. The summed E-state index contributed by atoms with van der Waals surface area (Å²) in [4.78, 5) is 13.0. The maximum atomic E-state index is 13.0. The Kier molecular flexibility index (Phi) is 6.30. The third-order valence-electron chi connectivity index (χ3n) is 5.77. The Morgan fingerprint density at radius 2 is 1.65 bits per heavy atom. The van der Waals surface area contributed by atoms with Crippen LogP contribution in [0.1, 0.15) is 16.7 Å². The van der Waals surface area contributed by atoms with Crippen LogP contribution in [-0.2, 0) is 31.2 Å². The molecule has 34 heavy (non-hydrogen) atoms. The fraction of sp³-hybridized carbons (Fsp3) is 0.320. The summed E-state index contributed by atoms with van der Waals surface area (Å²) in [6.45, 7) is 1.80. The Bertz CT molecular complexity index is 1160. The van der Waals surface area contributed by atoms with Crippen molar-refractivity contribution in [1.29, 1.82) is 0 Å². The van der Waals surface area contributed by atoms with E-state index in [-0.39, 0.29) is 30.1 Å². The van der Waals surface area contributed by atoms with Gasteiger partial charge in [0.15, 0.2) is 17.3 Å². The molecule has 180 valence electrons. The summed E-state index contributed by atoms with van der Waals surface area (Å²) in [5, 5.41) is 11.8. The molecule has 0 saturated heterocycles. The van der Waals surface area contributed by atoms with Crippen LogP contribution in [-0.4, -0.2) is 46.3 Å². The van der Waals surface area contributed by atoms with Crippen molar-refractivity contribution in [2.75, 3.05) is 35.2 Å². The van der Waals surface area contributed by atoms with Gasteiger partial charge in [0.1, 0.15) is 17.6 Å². The van der Waals surface area contributed by atoms with Gasteiger partial charge in [0.25, 0.3) is 5.79 Å². The van der Waals surface area contributed by atoms with Crippen LogP contribution in [0.2, 0.25) is 0 Å². The molecule has 2 aliphatic rings. The zero-order valence-corrected chi connectivity index (χ0v) is 19.6. The molecule has 4 rings (SSSR count). The molecule has 9 nitrogen and oxygen atoms in total. The van der Waals surface area contributed by atoms with Crippen molar-refractivity contribution in [1.82, 2.24) is 0 Å². The fourth-order valence-electron chi connectivity index (χ4n) is 4.13. The molecular formula is C25H26O9. The molecule has 0 radical (unpaired) electrons. The summed E-state index contributed by atoms with van der Waals surface area (Å²) < 4.78 is 37.8. The minimum atomic E-state index is -2.05. The predicted molar refractivity (Wildman–Crippen MR) is 120 cm³/mol. The first-order valence-corrected chi connectivity index (χ1v) is 10.4. The maximum Gasteiger partial charge on any atom is 0.345 e. The molecule has 0 fully saturated rings. The normalized spacial score (nSPS) is 19.2. The number of ether oxygens (including phenoxy) is 7. The van der Waals surface area contributed by atoms with Gasteiger partial charge in [0.2, 0.25) is 12.5 Å². The number of benzene rings is 2. The molecule has 1 N–H and O–H groups in total. The molecule has 0 spiro atoms. The van der Waals surface area contributed by atoms with Crippen molar-refractivity contribution >= 4 is 5.97 Å². The lowest BCUT2D eigenvalue weighted by molar-refractivity contribution is -0.186.